The van der Waals surface area contributed by atoms with Gasteiger partial charge >= 0.3 is 0 Å². The molecular weight excluding hydrogens is 470 g/mol. The zero-order valence-corrected chi connectivity index (χ0v) is 21.5. The van der Waals surface area contributed by atoms with Crippen LogP contribution in [0.25, 0.3) is 0 Å². The molecule has 9 nitrogen and oxygen atoms in total. The highest BCUT2D eigenvalue weighted by Crippen LogP contribution is 2.33. The molecule has 0 spiro atoms. The third-order valence-electron chi connectivity index (χ3n) is 7.66. The van der Waals surface area contributed by atoms with Crippen LogP contribution in [0.4, 0.5) is 5.69 Å². The number of ether oxygens (including phenoxy) is 1. The Hall–Kier alpha value is -3.43. The molecule has 0 saturated carbocycles. The molecule has 3 atom stereocenters. The number of likely N-dealkylation sites (tertiary alicyclic amines) is 1. The number of nitrogens with zero attached hydrogens (tertiary/aromatic N) is 4. The second-order valence-corrected chi connectivity index (χ2v) is 10.2. The van der Waals surface area contributed by atoms with E-state index in [2.05, 4.69) is 24.2 Å². The molecule has 196 valence electrons. The number of para-hydroxylation sites is 2. The van der Waals surface area contributed by atoms with Crippen LogP contribution in [0.2, 0.25) is 0 Å². The van der Waals surface area contributed by atoms with Crippen LogP contribution in [0.3, 0.4) is 0 Å². The molecule has 3 aliphatic heterocycles. The van der Waals surface area contributed by atoms with E-state index in [0.29, 0.717) is 45.0 Å². The van der Waals surface area contributed by atoms with E-state index >= 15 is 0 Å². The van der Waals surface area contributed by atoms with Gasteiger partial charge in [-0.3, -0.25) is 19.3 Å². The summed E-state index contributed by atoms with van der Waals surface area (Å²) in [6.07, 6.45) is 0. The average molecular weight is 506 g/mol. The fraction of sp³-hybridized carbons (Fsp3) is 0.464. The van der Waals surface area contributed by atoms with E-state index in [4.69, 9.17) is 4.74 Å². The molecule has 0 bridgehead atoms. The molecular formula is C28H35N5O4. The Morgan fingerprint density at radius 1 is 0.919 bits per heavy atom. The van der Waals surface area contributed by atoms with Gasteiger partial charge in [-0.1, -0.05) is 36.4 Å². The van der Waals surface area contributed by atoms with Crippen molar-refractivity contribution in [3.8, 4) is 5.75 Å². The maximum atomic E-state index is 13.8. The van der Waals surface area contributed by atoms with Crippen LogP contribution < -0.4 is 15.2 Å². The number of hydrazine groups is 1. The van der Waals surface area contributed by atoms with E-state index in [1.54, 1.807) is 9.91 Å². The van der Waals surface area contributed by atoms with Gasteiger partial charge in [-0.25, -0.2) is 10.4 Å². The summed E-state index contributed by atoms with van der Waals surface area (Å²) in [5, 5.41) is 1.61. The molecule has 0 aliphatic carbocycles. The Kier molecular flexibility index (Phi) is 7.43. The van der Waals surface area contributed by atoms with Gasteiger partial charge in [-0.15, -0.1) is 0 Å². The SMILES string of the molecule is CC(C)N1CC(C(=O)N2CCN(C(=O)COc3ccccc3)CC2)C2NN(c3ccccc3)C(=O)C2C1. The number of fused-ring (bicyclic) bond motifs is 1. The lowest BCUT2D eigenvalue weighted by Crippen LogP contribution is -2.61. The molecule has 9 heteroatoms. The minimum Gasteiger partial charge on any atom is -0.484 e. The Morgan fingerprint density at radius 2 is 1.54 bits per heavy atom. The fourth-order valence-electron chi connectivity index (χ4n) is 5.47. The number of piperazine rings is 1. The first-order chi connectivity index (χ1) is 17.9. The lowest BCUT2D eigenvalue weighted by Gasteiger charge is -2.43. The van der Waals surface area contributed by atoms with Crippen molar-refractivity contribution in [3.63, 3.8) is 0 Å². The van der Waals surface area contributed by atoms with Crippen LogP contribution in [0.5, 0.6) is 5.75 Å². The quantitative estimate of drug-likeness (QED) is 0.642. The van der Waals surface area contributed by atoms with E-state index in [1.165, 1.54) is 0 Å². The third-order valence-corrected chi connectivity index (χ3v) is 7.66. The van der Waals surface area contributed by atoms with Crippen molar-refractivity contribution < 1.29 is 19.1 Å². The lowest BCUT2D eigenvalue weighted by molar-refractivity contribution is -0.146. The number of piperidine rings is 1. The first-order valence-electron chi connectivity index (χ1n) is 13.1. The second-order valence-electron chi connectivity index (χ2n) is 10.2. The summed E-state index contributed by atoms with van der Waals surface area (Å²) in [6, 6.07) is 18.8. The minimum atomic E-state index is -0.345. The van der Waals surface area contributed by atoms with Crippen molar-refractivity contribution in [1.29, 1.82) is 0 Å². The number of hydrogen-bond acceptors (Lipinski definition) is 6. The highest BCUT2D eigenvalue weighted by atomic mass is 16.5. The predicted molar refractivity (Wildman–Crippen MR) is 140 cm³/mol. The number of carbonyl (C=O) groups excluding carboxylic acids is 3. The van der Waals surface area contributed by atoms with Crippen molar-refractivity contribution in [3.05, 3.63) is 60.7 Å². The number of hydrogen-bond donors (Lipinski definition) is 1. The van der Waals surface area contributed by atoms with Crippen molar-refractivity contribution >= 4 is 23.4 Å². The number of rotatable bonds is 6. The van der Waals surface area contributed by atoms with Crippen LogP contribution in [-0.4, -0.2) is 90.4 Å². The van der Waals surface area contributed by atoms with Gasteiger partial charge in [0.15, 0.2) is 6.61 Å². The molecule has 3 heterocycles. The van der Waals surface area contributed by atoms with Crippen LogP contribution >= 0.6 is 0 Å². The van der Waals surface area contributed by atoms with Gasteiger partial charge in [0.2, 0.25) is 11.8 Å². The molecule has 3 saturated heterocycles. The normalized spacial score (nSPS) is 24.4. The van der Waals surface area contributed by atoms with E-state index < -0.39 is 0 Å². The number of nitrogens with one attached hydrogen (secondary N) is 1. The van der Waals surface area contributed by atoms with Crippen molar-refractivity contribution in [2.45, 2.75) is 25.9 Å². The van der Waals surface area contributed by atoms with E-state index in [9.17, 15) is 14.4 Å². The van der Waals surface area contributed by atoms with Crippen LogP contribution in [0.1, 0.15) is 13.8 Å². The maximum absolute atomic E-state index is 13.8. The van der Waals surface area contributed by atoms with E-state index in [-0.39, 0.29) is 48.2 Å². The van der Waals surface area contributed by atoms with Crippen LogP contribution in [0.15, 0.2) is 60.7 Å². The maximum Gasteiger partial charge on any atom is 0.260 e. The van der Waals surface area contributed by atoms with E-state index in [1.807, 2.05) is 65.6 Å². The molecule has 37 heavy (non-hydrogen) atoms. The summed E-state index contributed by atoms with van der Waals surface area (Å²) in [5.74, 6) is -0.00207. The Morgan fingerprint density at radius 3 is 2.19 bits per heavy atom. The average Bonchev–Trinajstić information content (AvgIpc) is 3.28. The van der Waals surface area contributed by atoms with Gasteiger partial charge in [-0.05, 0) is 38.1 Å². The van der Waals surface area contributed by atoms with Gasteiger partial charge in [0, 0.05) is 45.3 Å². The van der Waals surface area contributed by atoms with Crippen molar-refractivity contribution in [2.24, 2.45) is 11.8 Å². The van der Waals surface area contributed by atoms with Crippen LogP contribution in [0, 0.1) is 11.8 Å². The number of anilines is 1. The van der Waals surface area contributed by atoms with E-state index in [0.717, 1.165) is 5.69 Å². The van der Waals surface area contributed by atoms with Crippen molar-refractivity contribution in [2.75, 3.05) is 50.9 Å². The number of carbonyl (C=O) groups is 3. The molecule has 3 amide bonds. The molecule has 0 radical (unpaired) electrons. The summed E-state index contributed by atoms with van der Waals surface area (Å²) in [5.41, 5.74) is 4.16. The molecule has 2 aromatic carbocycles. The summed E-state index contributed by atoms with van der Waals surface area (Å²) < 4.78 is 5.61. The number of benzene rings is 2. The molecule has 3 aliphatic rings. The van der Waals surface area contributed by atoms with Gasteiger partial charge in [0.05, 0.1) is 23.6 Å². The molecule has 3 unspecified atom stereocenters. The summed E-state index contributed by atoms with van der Waals surface area (Å²) >= 11 is 0. The predicted octanol–water partition coefficient (Wildman–Crippen LogP) is 1.61. The Labute approximate surface area is 217 Å². The third kappa shape index (κ3) is 5.33. The highest BCUT2D eigenvalue weighted by molar-refractivity contribution is 5.98. The van der Waals surface area contributed by atoms with Gasteiger partial charge in [-0.2, -0.15) is 0 Å². The topological polar surface area (TPSA) is 85.4 Å². The van der Waals surface area contributed by atoms with Gasteiger partial charge < -0.3 is 14.5 Å². The summed E-state index contributed by atoms with van der Waals surface area (Å²) in [6.45, 7) is 7.31. The van der Waals surface area contributed by atoms with Gasteiger partial charge in [0.1, 0.15) is 5.75 Å². The highest BCUT2D eigenvalue weighted by Gasteiger charge is 2.52. The van der Waals surface area contributed by atoms with Gasteiger partial charge in [0.25, 0.3) is 5.91 Å². The Bertz CT molecular complexity index is 1100. The molecule has 1 N–H and O–H groups in total. The van der Waals surface area contributed by atoms with Crippen LogP contribution in [-0.2, 0) is 14.4 Å². The zero-order chi connectivity index (χ0) is 25.9. The van der Waals surface area contributed by atoms with Crippen molar-refractivity contribution in [1.82, 2.24) is 20.1 Å². The first-order valence-corrected chi connectivity index (χ1v) is 13.1. The fourth-order valence-corrected chi connectivity index (χ4v) is 5.47. The lowest BCUT2D eigenvalue weighted by atomic mass is 9.83. The first kappa shape index (κ1) is 25.2. The smallest absolute Gasteiger partial charge is 0.260 e. The second kappa shape index (κ2) is 10.9. The number of amides is 3. The molecule has 2 aromatic rings. The zero-order valence-electron chi connectivity index (χ0n) is 21.5. The largest absolute Gasteiger partial charge is 0.484 e. The molecule has 5 rings (SSSR count). The summed E-state index contributed by atoms with van der Waals surface area (Å²) in [4.78, 5) is 45.7. The minimum absolute atomic E-state index is 0.00758. The molecule has 0 aromatic heterocycles. The Balaban J connectivity index is 1.23. The monoisotopic (exact) mass is 505 g/mol. The standard InChI is InChI=1S/C28H35N5O4/c1-20(2)32-17-23(26-24(18-32)28(36)33(29-26)21-9-5-3-6-10-21)27(35)31-15-13-30(14-16-31)25(34)19-37-22-11-7-4-8-12-22/h3-12,20,23-24,26,29H,13-19H2,1-2H3. The summed E-state index contributed by atoms with van der Waals surface area (Å²) in [7, 11) is 0. The molecule has 3 fully saturated rings.